The normalized spacial score (nSPS) is 17.6. The van der Waals surface area contributed by atoms with Gasteiger partial charge in [-0.3, -0.25) is 0 Å². The zero-order valence-corrected chi connectivity index (χ0v) is 11.0. The number of aromatic nitrogens is 1. The number of hydrogen-bond acceptors (Lipinski definition) is 1. The van der Waals surface area contributed by atoms with Crippen LogP contribution in [0.15, 0.2) is 18.2 Å². The van der Waals surface area contributed by atoms with E-state index in [0.717, 1.165) is 17.1 Å². The third kappa shape index (κ3) is 1.59. The summed E-state index contributed by atoms with van der Waals surface area (Å²) in [4.78, 5) is 3.44. The molecule has 0 amide bonds. The number of aromatic amines is 1. The van der Waals surface area contributed by atoms with E-state index in [1.165, 1.54) is 29.5 Å². The Morgan fingerprint density at radius 3 is 2.82 bits per heavy atom. The average Bonchev–Trinajstić information content (AvgIpc) is 2.96. The second kappa shape index (κ2) is 3.76. The fraction of sp³-hybridized carbons (Fsp3) is 0.429. The van der Waals surface area contributed by atoms with Crippen LogP contribution in [0.1, 0.15) is 24.1 Å². The maximum Gasteiger partial charge on any atom is 0.0648 e. The summed E-state index contributed by atoms with van der Waals surface area (Å²) in [6.07, 6.45) is 2.54. The topological polar surface area (TPSA) is 27.8 Å². The van der Waals surface area contributed by atoms with Crippen LogP contribution in [0.3, 0.4) is 0 Å². The number of fused-ring (bicyclic) bond motifs is 1. The van der Waals surface area contributed by atoms with Gasteiger partial charge in [0.25, 0.3) is 0 Å². The van der Waals surface area contributed by atoms with Gasteiger partial charge in [0.05, 0.1) is 10.5 Å². The number of halogens is 1. The molecule has 1 saturated carbocycles. The average molecular weight is 249 g/mol. The molecule has 0 saturated heterocycles. The number of benzene rings is 1. The summed E-state index contributed by atoms with van der Waals surface area (Å²) in [5.41, 5.74) is 4.15. The molecule has 1 aromatic heterocycles. The highest BCUT2D eigenvalue weighted by Crippen LogP contribution is 2.51. The molecule has 2 N–H and O–H groups in total. The van der Waals surface area contributed by atoms with Crippen LogP contribution >= 0.6 is 11.6 Å². The van der Waals surface area contributed by atoms with E-state index >= 15 is 0 Å². The van der Waals surface area contributed by atoms with E-state index in [1.807, 2.05) is 19.2 Å². The summed E-state index contributed by atoms with van der Waals surface area (Å²) in [5.74, 6) is 0. The van der Waals surface area contributed by atoms with Crippen molar-refractivity contribution in [2.24, 2.45) is 0 Å². The van der Waals surface area contributed by atoms with E-state index in [-0.39, 0.29) is 0 Å². The highest BCUT2D eigenvalue weighted by molar-refractivity contribution is 6.35. The lowest BCUT2D eigenvalue weighted by Gasteiger charge is -2.15. The monoisotopic (exact) mass is 248 g/mol. The molecule has 90 valence electrons. The lowest BCUT2D eigenvalue weighted by molar-refractivity contribution is 0.625. The van der Waals surface area contributed by atoms with Gasteiger partial charge in [-0.25, -0.2) is 0 Å². The number of aryl methyl sites for hydroxylation is 1. The van der Waals surface area contributed by atoms with Crippen LogP contribution in [-0.2, 0) is 5.41 Å². The molecule has 0 bridgehead atoms. The number of nitrogens with one attached hydrogen (secondary N) is 2. The van der Waals surface area contributed by atoms with Gasteiger partial charge in [0.1, 0.15) is 0 Å². The van der Waals surface area contributed by atoms with Gasteiger partial charge < -0.3 is 10.3 Å². The minimum Gasteiger partial charge on any atom is -0.357 e. The highest BCUT2D eigenvalue weighted by Gasteiger charge is 2.46. The zero-order valence-electron chi connectivity index (χ0n) is 10.2. The Bertz CT molecular complexity index is 567. The highest BCUT2D eigenvalue weighted by atomic mass is 35.5. The van der Waals surface area contributed by atoms with E-state index in [9.17, 15) is 0 Å². The first-order valence-electron chi connectivity index (χ1n) is 6.10. The lowest BCUT2D eigenvalue weighted by atomic mass is 9.93. The number of hydrogen-bond donors (Lipinski definition) is 2. The third-order valence-corrected chi connectivity index (χ3v) is 4.18. The smallest absolute Gasteiger partial charge is 0.0648 e. The lowest BCUT2D eigenvalue weighted by Crippen LogP contribution is -2.24. The van der Waals surface area contributed by atoms with Gasteiger partial charge in [0, 0.05) is 23.0 Å². The zero-order chi connectivity index (χ0) is 12.0. The molecule has 0 aliphatic heterocycles. The number of para-hydroxylation sites is 1. The molecular formula is C14H17ClN2. The Balaban J connectivity index is 2.23. The Hall–Kier alpha value is -0.990. The van der Waals surface area contributed by atoms with Gasteiger partial charge in [-0.1, -0.05) is 23.7 Å². The fourth-order valence-electron chi connectivity index (χ4n) is 3.00. The van der Waals surface area contributed by atoms with Crippen LogP contribution in [-0.4, -0.2) is 18.6 Å². The molecular weight excluding hydrogens is 232 g/mol. The summed E-state index contributed by atoms with van der Waals surface area (Å²) < 4.78 is 0. The molecule has 2 nitrogen and oxygen atoms in total. The van der Waals surface area contributed by atoms with Gasteiger partial charge in [0.15, 0.2) is 0 Å². The first-order valence-corrected chi connectivity index (χ1v) is 6.48. The Labute approximate surface area is 106 Å². The van der Waals surface area contributed by atoms with Crippen LogP contribution < -0.4 is 5.32 Å². The van der Waals surface area contributed by atoms with Crippen LogP contribution in [0.5, 0.6) is 0 Å². The van der Waals surface area contributed by atoms with Crippen molar-refractivity contribution >= 4 is 22.5 Å². The van der Waals surface area contributed by atoms with Crippen molar-refractivity contribution in [3.63, 3.8) is 0 Å². The second-order valence-corrected chi connectivity index (χ2v) is 5.51. The van der Waals surface area contributed by atoms with Gasteiger partial charge in [-0.05, 0) is 38.4 Å². The fourth-order valence-corrected chi connectivity index (χ4v) is 3.22. The molecule has 1 aliphatic carbocycles. The van der Waals surface area contributed by atoms with Crippen molar-refractivity contribution in [3.05, 3.63) is 34.5 Å². The number of rotatable bonds is 3. The van der Waals surface area contributed by atoms with Gasteiger partial charge in [-0.15, -0.1) is 0 Å². The van der Waals surface area contributed by atoms with Crippen molar-refractivity contribution < 1.29 is 0 Å². The quantitative estimate of drug-likeness (QED) is 0.856. The summed E-state index contributed by atoms with van der Waals surface area (Å²) >= 11 is 6.24. The Morgan fingerprint density at radius 1 is 1.41 bits per heavy atom. The molecule has 1 fully saturated rings. The molecule has 3 rings (SSSR count). The molecule has 0 unspecified atom stereocenters. The molecule has 0 spiro atoms. The van der Waals surface area contributed by atoms with E-state index < -0.39 is 0 Å². The number of likely N-dealkylation sites (N-methyl/N-ethyl adjacent to an activating group) is 1. The van der Waals surface area contributed by atoms with Crippen molar-refractivity contribution in [3.8, 4) is 0 Å². The second-order valence-electron chi connectivity index (χ2n) is 5.10. The largest absolute Gasteiger partial charge is 0.357 e. The molecule has 17 heavy (non-hydrogen) atoms. The Kier molecular flexibility index (Phi) is 2.46. The van der Waals surface area contributed by atoms with E-state index in [2.05, 4.69) is 23.3 Å². The summed E-state index contributed by atoms with van der Waals surface area (Å²) in [6.45, 7) is 3.20. The van der Waals surface area contributed by atoms with Crippen molar-refractivity contribution in [1.29, 1.82) is 0 Å². The molecule has 1 aliphatic rings. The van der Waals surface area contributed by atoms with E-state index in [4.69, 9.17) is 11.6 Å². The minimum atomic E-state index is 0.335. The maximum absolute atomic E-state index is 6.24. The van der Waals surface area contributed by atoms with Crippen LogP contribution in [0, 0.1) is 6.92 Å². The Morgan fingerprint density at radius 2 is 2.18 bits per heavy atom. The predicted octanol–water partition coefficient (Wildman–Crippen LogP) is 3.38. The van der Waals surface area contributed by atoms with Crippen molar-refractivity contribution in [2.75, 3.05) is 13.6 Å². The van der Waals surface area contributed by atoms with E-state index in [1.54, 1.807) is 0 Å². The summed E-state index contributed by atoms with van der Waals surface area (Å²) in [7, 11) is 2.03. The molecule has 3 heteroatoms. The molecule has 2 aromatic rings. The van der Waals surface area contributed by atoms with Crippen molar-refractivity contribution in [2.45, 2.75) is 25.2 Å². The molecule has 0 radical (unpaired) electrons. The third-order valence-electron chi connectivity index (χ3n) is 3.87. The predicted molar refractivity (Wildman–Crippen MR) is 72.9 cm³/mol. The minimum absolute atomic E-state index is 0.335. The van der Waals surface area contributed by atoms with Crippen LogP contribution in [0.4, 0.5) is 0 Å². The SMILES string of the molecule is CNCC1(c2c(C)[nH]c3c(Cl)cccc23)CC1. The van der Waals surface area contributed by atoms with Gasteiger partial charge >= 0.3 is 0 Å². The van der Waals surface area contributed by atoms with Gasteiger partial charge in [-0.2, -0.15) is 0 Å². The molecule has 1 aromatic carbocycles. The van der Waals surface area contributed by atoms with E-state index in [0.29, 0.717) is 5.41 Å². The standard InChI is InChI=1S/C14H17ClN2/c1-9-12(14(6-7-14)8-16-2)10-4-3-5-11(15)13(10)17-9/h3-5,16-17H,6-8H2,1-2H3. The first-order chi connectivity index (χ1) is 8.18. The van der Waals surface area contributed by atoms with Crippen LogP contribution in [0.2, 0.25) is 5.02 Å². The van der Waals surface area contributed by atoms with Crippen LogP contribution in [0.25, 0.3) is 10.9 Å². The summed E-state index contributed by atoms with van der Waals surface area (Å²) in [6, 6.07) is 6.16. The molecule has 0 atom stereocenters. The van der Waals surface area contributed by atoms with Crippen molar-refractivity contribution in [1.82, 2.24) is 10.3 Å². The summed E-state index contributed by atoms with van der Waals surface area (Å²) in [5, 5.41) is 5.43. The van der Waals surface area contributed by atoms with Gasteiger partial charge in [0.2, 0.25) is 0 Å². The number of H-pyrrole nitrogens is 1. The maximum atomic E-state index is 6.24. The molecule has 1 heterocycles. The first kappa shape index (κ1) is 11.1.